The van der Waals surface area contributed by atoms with Gasteiger partial charge in [0.25, 0.3) is 0 Å². The molecule has 0 aliphatic carbocycles. The second-order valence-corrected chi connectivity index (χ2v) is 7.48. The van der Waals surface area contributed by atoms with E-state index in [-0.39, 0.29) is 0 Å². The molecule has 0 amide bonds. The fourth-order valence-electron chi connectivity index (χ4n) is 3.60. The van der Waals surface area contributed by atoms with E-state index in [4.69, 9.17) is 9.73 Å². The molecule has 150 valence electrons. The summed E-state index contributed by atoms with van der Waals surface area (Å²) in [5.74, 6) is 0.831. The Labute approximate surface area is 168 Å². The molecule has 3 heterocycles. The van der Waals surface area contributed by atoms with Crippen LogP contribution in [0, 0.1) is 0 Å². The minimum atomic E-state index is 0.831. The van der Waals surface area contributed by atoms with Crippen LogP contribution in [0.1, 0.15) is 70.4 Å². The Morgan fingerprint density at radius 3 is 2.50 bits per heavy atom. The van der Waals surface area contributed by atoms with Gasteiger partial charge in [-0.05, 0) is 43.2 Å². The second-order valence-electron chi connectivity index (χ2n) is 7.48. The summed E-state index contributed by atoms with van der Waals surface area (Å²) >= 11 is 0. The van der Waals surface area contributed by atoms with Crippen LogP contribution >= 0.6 is 0 Å². The molecule has 0 spiro atoms. The minimum absolute atomic E-state index is 0.831. The number of ether oxygens (including phenoxy) is 1. The van der Waals surface area contributed by atoms with E-state index in [2.05, 4.69) is 35.1 Å². The third kappa shape index (κ3) is 5.75. The van der Waals surface area contributed by atoms with Crippen LogP contribution in [0.15, 0.2) is 47.2 Å². The van der Waals surface area contributed by atoms with Crippen molar-refractivity contribution >= 4 is 11.8 Å². The SMILES string of the molecule is CCCCCCCCCCC1=N/C(=C/c2[nH]c(-c3ccc[nH]3)cc2OC)C=C1. The van der Waals surface area contributed by atoms with Gasteiger partial charge < -0.3 is 14.7 Å². The molecule has 2 N–H and O–H groups in total. The lowest BCUT2D eigenvalue weighted by molar-refractivity contribution is 0.414. The van der Waals surface area contributed by atoms with Crippen LogP contribution in [-0.4, -0.2) is 22.8 Å². The van der Waals surface area contributed by atoms with Crippen molar-refractivity contribution in [1.29, 1.82) is 0 Å². The number of hydrogen-bond acceptors (Lipinski definition) is 2. The topological polar surface area (TPSA) is 53.2 Å². The summed E-state index contributed by atoms with van der Waals surface area (Å²) in [4.78, 5) is 11.4. The number of hydrogen-bond donors (Lipinski definition) is 2. The first-order valence-corrected chi connectivity index (χ1v) is 10.7. The fraction of sp³-hybridized carbons (Fsp3) is 0.458. The van der Waals surface area contributed by atoms with Crippen molar-refractivity contribution in [3.63, 3.8) is 0 Å². The average molecular weight is 380 g/mol. The number of methoxy groups -OCH3 is 1. The highest BCUT2D eigenvalue weighted by Gasteiger charge is 2.11. The molecule has 0 fully saturated rings. The van der Waals surface area contributed by atoms with Crippen molar-refractivity contribution in [2.24, 2.45) is 4.99 Å². The fourth-order valence-corrected chi connectivity index (χ4v) is 3.60. The monoisotopic (exact) mass is 379 g/mol. The Morgan fingerprint density at radius 2 is 1.79 bits per heavy atom. The van der Waals surface area contributed by atoms with E-state index in [0.29, 0.717) is 0 Å². The van der Waals surface area contributed by atoms with Crippen molar-refractivity contribution in [2.45, 2.75) is 64.7 Å². The summed E-state index contributed by atoms with van der Waals surface area (Å²) in [5.41, 5.74) is 5.17. The molecule has 28 heavy (non-hydrogen) atoms. The number of nitrogens with zero attached hydrogens (tertiary/aromatic N) is 1. The number of aromatic nitrogens is 2. The number of H-pyrrole nitrogens is 2. The van der Waals surface area contributed by atoms with Gasteiger partial charge in [0.2, 0.25) is 0 Å². The number of allylic oxidation sites excluding steroid dienone is 2. The zero-order chi connectivity index (χ0) is 19.6. The van der Waals surface area contributed by atoms with Crippen LogP contribution in [0.4, 0.5) is 0 Å². The summed E-state index contributed by atoms with van der Waals surface area (Å²) in [6.07, 6.45) is 20.0. The number of aromatic amines is 2. The standard InChI is InChI=1S/C24H33N3O/c1-3-4-5-6-7-8-9-10-12-19-14-15-20(26-19)17-23-24(28-2)18-22(27-23)21-13-11-16-25-21/h11,13-18,25,27H,3-10,12H2,1-2H3/b20-17+. The predicted molar refractivity (Wildman–Crippen MR) is 119 cm³/mol. The van der Waals surface area contributed by atoms with Crippen LogP contribution in [0.3, 0.4) is 0 Å². The highest BCUT2D eigenvalue weighted by atomic mass is 16.5. The number of aliphatic imine (C=N–C) groups is 1. The maximum absolute atomic E-state index is 5.53. The van der Waals surface area contributed by atoms with Crippen LogP contribution in [0.2, 0.25) is 0 Å². The van der Waals surface area contributed by atoms with Gasteiger partial charge in [-0.15, -0.1) is 0 Å². The van der Waals surface area contributed by atoms with Gasteiger partial charge in [-0.25, -0.2) is 0 Å². The predicted octanol–water partition coefficient (Wildman–Crippen LogP) is 6.90. The molecule has 0 bridgehead atoms. The van der Waals surface area contributed by atoms with E-state index in [9.17, 15) is 0 Å². The first-order valence-electron chi connectivity index (χ1n) is 10.7. The van der Waals surface area contributed by atoms with Gasteiger partial charge in [0, 0.05) is 18.0 Å². The van der Waals surface area contributed by atoms with Crippen molar-refractivity contribution in [3.8, 4) is 17.1 Å². The van der Waals surface area contributed by atoms with E-state index in [1.165, 1.54) is 57.1 Å². The Bertz CT molecular complexity index is 809. The molecule has 0 saturated carbocycles. The van der Waals surface area contributed by atoms with Crippen LogP contribution in [0.5, 0.6) is 5.75 Å². The van der Waals surface area contributed by atoms with Gasteiger partial charge in [-0.3, -0.25) is 4.99 Å². The Morgan fingerprint density at radius 1 is 1.00 bits per heavy atom. The van der Waals surface area contributed by atoms with E-state index in [1.807, 2.05) is 24.4 Å². The van der Waals surface area contributed by atoms with Crippen molar-refractivity contribution in [2.75, 3.05) is 7.11 Å². The Hall–Kier alpha value is -2.49. The summed E-state index contributed by atoms with van der Waals surface area (Å²) in [5, 5.41) is 0. The van der Waals surface area contributed by atoms with E-state index in [1.54, 1.807) is 7.11 Å². The molecule has 3 rings (SSSR count). The lowest BCUT2D eigenvalue weighted by atomic mass is 10.1. The van der Waals surface area contributed by atoms with E-state index in [0.717, 1.165) is 34.9 Å². The molecule has 4 nitrogen and oxygen atoms in total. The first kappa shape index (κ1) is 20.2. The lowest BCUT2D eigenvalue weighted by Crippen LogP contribution is -1.90. The minimum Gasteiger partial charge on any atom is -0.494 e. The smallest absolute Gasteiger partial charge is 0.144 e. The van der Waals surface area contributed by atoms with Gasteiger partial charge >= 0.3 is 0 Å². The normalized spacial score (nSPS) is 14.8. The van der Waals surface area contributed by atoms with Crippen molar-refractivity contribution < 1.29 is 4.74 Å². The van der Waals surface area contributed by atoms with Crippen molar-refractivity contribution in [1.82, 2.24) is 9.97 Å². The Kier molecular flexibility index (Phi) is 7.77. The molecule has 0 atom stereocenters. The second kappa shape index (κ2) is 10.7. The largest absolute Gasteiger partial charge is 0.494 e. The summed E-state index contributed by atoms with van der Waals surface area (Å²) in [6.45, 7) is 2.27. The summed E-state index contributed by atoms with van der Waals surface area (Å²) in [6, 6.07) is 6.04. The van der Waals surface area contributed by atoms with E-state index < -0.39 is 0 Å². The van der Waals surface area contributed by atoms with Gasteiger partial charge in [0.05, 0.1) is 29.9 Å². The number of nitrogens with one attached hydrogen (secondary N) is 2. The molecule has 1 aliphatic heterocycles. The van der Waals surface area contributed by atoms with Crippen LogP contribution in [-0.2, 0) is 0 Å². The maximum atomic E-state index is 5.53. The maximum Gasteiger partial charge on any atom is 0.144 e. The molecule has 2 aromatic heterocycles. The highest BCUT2D eigenvalue weighted by molar-refractivity contribution is 5.99. The zero-order valence-electron chi connectivity index (χ0n) is 17.3. The van der Waals surface area contributed by atoms with Gasteiger partial charge in [0.15, 0.2) is 0 Å². The number of unbranched alkanes of at least 4 members (excludes halogenated alkanes) is 7. The van der Waals surface area contributed by atoms with Gasteiger partial charge in [-0.2, -0.15) is 0 Å². The lowest BCUT2D eigenvalue weighted by Gasteiger charge is -2.01. The molecule has 0 aromatic carbocycles. The molecular formula is C24H33N3O. The summed E-state index contributed by atoms with van der Waals surface area (Å²) in [7, 11) is 1.70. The number of rotatable bonds is 12. The van der Waals surface area contributed by atoms with Crippen LogP contribution < -0.4 is 4.74 Å². The first-order chi connectivity index (χ1) is 13.8. The molecular weight excluding hydrogens is 346 g/mol. The molecule has 2 aromatic rings. The van der Waals surface area contributed by atoms with Crippen LogP contribution in [0.25, 0.3) is 17.5 Å². The Balaban J connectivity index is 1.50. The molecule has 0 saturated heterocycles. The molecule has 1 aliphatic rings. The third-order valence-electron chi connectivity index (χ3n) is 5.22. The zero-order valence-corrected chi connectivity index (χ0v) is 17.3. The van der Waals surface area contributed by atoms with E-state index >= 15 is 0 Å². The van der Waals surface area contributed by atoms with Crippen molar-refractivity contribution in [3.05, 3.63) is 47.9 Å². The third-order valence-corrected chi connectivity index (χ3v) is 5.22. The molecule has 0 unspecified atom stereocenters. The van der Waals surface area contributed by atoms with Gasteiger partial charge in [-0.1, -0.05) is 51.9 Å². The quantitative estimate of drug-likeness (QED) is 0.387. The average Bonchev–Trinajstić information content (AvgIpc) is 3.45. The highest BCUT2D eigenvalue weighted by Crippen LogP contribution is 2.29. The van der Waals surface area contributed by atoms with Gasteiger partial charge in [0.1, 0.15) is 5.75 Å². The molecule has 0 radical (unpaired) electrons. The summed E-state index contributed by atoms with van der Waals surface area (Å²) < 4.78 is 5.53. The molecule has 4 heteroatoms.